The molecule has 0 spiro atoms. The van der Waals surface area contributed by atoms with Crippen molar-refractivity contribution in [2.45, 2.75) is 6.92 Å². The van der Waals surface area contributed by atoms with E-state index in [9.17, 15) is 4.79 Å². The Labute approximate surface area is 163 Å². The Balaban J connectivity index is 2.00. The summed E-state index contributed by atoms with van der Waals surface area (Å²) in [5.74, 6) is 0.872. The van der Waals surface area contributed by atoms with Gasteiger partial charge >= 0.3 is 0 Å². The van der Waals surface area contributed by atoms with Crippen LogP contribution < -0.4 is 19.5 Å². The number of nitrogens with one attached hydrogen (secondary N) is 1. The zero-order valence-corrected chi connectivity index (χ0v) is 17.1. The second-order valence-corrected chi connectivity index (χ2v) is 7.23. The molecule has 6 nitrogen and oxygen atoms in total. The topological polar surface area (TPSA) is 69.7 Å². The van der Waals surface area contributed by atoms with Crippen LogP contribution in [-0.4, -0.2) is 32.2 Å². The second kappa shape index (κ2) is 7.51. The largest absolute Gasteiger partial charge is 0.493 e. The molecular weight excluding hydrogens is 420 g/mol. The van der Waals surface area contributed by atoms with E-state index in [0.717, 1.165) is 15.8 Å². The number of carbonyl (C=O) groups is 1. The molecule has 26 heavy (non-hydrogen) atoms. The molecule has 2 aromatic carbocycles. The van der Waals surface area contributed by atoms with Gasteiger partial charge in [0.25, 0.3) is 5.91 Å². The van der Waals surface area contributed by atoms with Crippen LogP contribution in [0, 0.1) is 6.92 Å². The number of rotatable bonds is 5. The van der Waals surface area contributed by atoms with Crippen LogP contribution in [0.5, 0.6) is 17.2 Å². The minimum absolute atomic E-state index is 0.326. The normalized spacial score (nSPS) is 10.7. The minimum Gasteiger partial charge on any atom is -0.493 e. The summed E-state index contributed by atoms with van der Waals surface area (Å²) in [5, 5.41) is 3.37. The molecule has 0 saturated heterocycles. The predicted octanol–water partition coefficient (Wildman–Crippen LogP) is 4.65. The van der Waals surface area contributed by atoms with Crippen LogP contribution in [0.4, 0.5) is 5.13 Å². The number of para-hydroxylation sites is 1. The molecule has 1 aromatic heterocycles. The van der Waals surface area contributed by atoms with E-state index < -0.39 is 0 Å². The van der Waals surface area contributed by atoms with Gasteiger partial charge in [-0.3, -0.25) is 10.1 Å². The summed E-state index contributed by atoms with van der Waals surface area (Å²) in [6, 6.07) is 7.53. The molecule has 0 atom stereocenters. The molecule has 8 heteroatoms. The summed E-state index contributed by atoms with van der Waals surface area (Å²) in [4.78, 5) is 17.3. The van der Waals surface area contributed by atoms with Gasteiger partial charge in [-0.25, -0.2) is 4.98 Å². The average Bonchev–Trinajstić information content (AvgIpc) is 3.04. The van der Waals surface area contributed by atoms with Gasteiger partial charge in [-0.05, 0) is 40.5 Å². The van der Waals surface area contributed by atoms with Crippen molar-refractivity contribution in [1.82, 2.24) is 4.98 Å². The number of nitrogens with zero attached hydrogens (tertiary/aromatic N) is 1. The van der Waals surface area contributed by atoms with Crippen molar-refractivity contribution in [3.05, 3.63) is 39.9 Å². The fraction of sp³-hybridized carbons (Fsp3) is 0.222. The molecule has 3 aromatic rings. The summed E-state index contributed by atoms with van der Waals surface area (Å²) in [6.45, 7) is 1.99. The van der Waals surface area contributed by atoms with Crippen molar-refractivity contribution < 1.29 is 19.0 Å². The van der Waals surface area contributed by atoms with Gasteiger partial charge in [-0.15, -0.1) is 0 Å². The van der Waals surface area contributed by atoms with E-state index in [0.29, 0.717) is 32.4 Å². The van der Waals surface area contributed by atoms with Crippen LogP contribution in [0.25, 0.3) is 10.2 Å². The van der Waals surface area contributed by atoms with Gasteiger partial charge in [0.1, 0.15) is 0 Å². The number of benzene rings is 2. The van der Waals surface area contributed by atoms with Crippen LogP contribution in [0.3, 0.4) is 0 Å². The number of fused-ring (bicyclic) bond motifs is 1. The fourth-order valence-corrected chi connectivity index (χ4v) is 4.17. The molecule has 0 bridgehead atoms. The number of amides is 1. The quantitative estimate of drug-likeness (QED) is 0.630. The molecule has 1 N–H and O–H groups in total. The number of hydrogen-bond acceptors (Lipinski definition) is 6. The van der Waals surface area contributed by atoms with Gasteiger partial charge in [0, 0.05) is 0 Å². The van der Waals surface area contributed by atoms with Gasteiger partial charge in [0.2, 0.25) is 5.75 Å². The van der Waals surface area contributed by atoms with Crippen LogP contribution in [-0.2, 0) is 0 Å². The monoisotopic (exact) mass is 436 g/mol. The first kappa shape index (κ1) is 18.5. The van der Waals surface area contributed by atoms with E-state index in [1.807, 2.05) is 25.1 Å². The predicted molar refractivity (Wildman–Crippen MR) is 106 cm³/mol. The maximum Gasteiger partial charge on any atom is 0.258 e. The van der Waals surface area contributed by atoms with Crippen molar-refractivity contribution in [2.75, 3.05) is 26.6 Å². The molecule has 0 radical (unpaired) electrons. The van der Waals surface area contributed by atoms with Gasteiger partial charge in [-0.2, -0.15) is 0 Å². The summed E-state index contributed by atoms with van der Waals surface area (Å²) in [6.07, 6.45) is 0. The lowest BCUT2D eigenvalue weighted by Crippen LogP contribution is -2.13. The number of aromatic nitrogens is 1. The maximum absolute atomic E-state index is 12.8. The number of halogens is 1. The Morgan fingerprint density at radius 3 is 2.50 bits per heavy atom. The Morgan fingerprint density at radius 2 is 1.88 bits per heavy atom. The minimum atomic E-state index is -0.326. The highest BCUT2D eigenvalue weighted by Gasteiger charge is 2.23. The molecule has 0 aliphatic heterocycles. The van der Waals surface area contributed by atoms with E-state index >= 15 is 0 Å². The number of carbonyl (C=O) groups excluding carboxylic acids is 1. The Kier molecular flexibility index (Phi) is 5.33. The van der Waals surface area contributed by atoms with Crippen molar-refractivity contribution >= 4 is 48.5 Å². The molecule has 0 aliphatic rings. The zero-order valence-electron chi connectivity index (χ0n) is 14.7. The van der Waals surface area contributed by atoms with E-state index in [1.165, 1.54) is 32.7 Å². The molecule has 3 rings (SSSR count). The molecule has 136 valence electrons. The lowest BCUT2D eigenvalue weighted by Gasteiger charge is -2.16. The summed E-state index contributed by atoms with van der Waals surface area (Å²) < 4.78 is 17.5. The van der Waals surface area contributed by atoms with Crippen molar-refractivity contribution in [1.29, 1.82) is 0 Å². The maximum atomic E-state index is 12.8. The number of ether oxygens (including phenoxy) is 3. The third kappa shape index (κ3) is 3.22. The third-order valence-corrected chi connectivity index (χ3v) is 5.58. The first-order chi connectivity index (χ1) is 12.5. The third-order valence-electron chi connectivity index (χ3n) is 3.86. The van der Waals surface area contributed by atoms with E-state index in [-0.39, 0.29) is 5.91 Å². The molecule has 1 heterocycles. The number of anilines is 1. The van der Waals surface area contributed by atoms with Crippen LogP contribution in [0.15, 0.2) is 28.7 Å². The van der Waals surface area contributed by atoms with E-state index in [1.54, 1.807) is 6.07 Å². The first-order valence-electron chi connectivity index (χ1n) is 7.66. The highest BCUT2D eigenvalue weighted by molar-refractivity contribution is 9.10. The van der Waals surface area contributed by atoms with Crippen molar-refractivity contribution in [3.63, 3.8) is 0 Å². The van der Waals surface area contributed by atoms with E-state index in [4.69, 9.17) is 14.2 Å². The van der Waals surface area contributed by atoms with Crippen molar-refractivity contribution in [3.8, 4) is 17.2 Å². The number of hydrogen-bond donors (Lipinski definition) is 1. The standard InChI is InChI=1S/C18H17BrN2O4S/c1-9-6-5-7-12-14(9)20-18(26-12)21-17(22)10-8-11(23-2)15(24-3)16(25-4)13(10)19/h5-8H,1-4H3,(H,20,21,22). The molecule has 0 fully saturated rings. The van der Waals surface area contributed by atoms with Gasteiger partial charge < -0.3 is 14.2 Å². The summed E-state index contributed by atoms with van der Waals surface area (Å²) in [5.41, 5.74) is 2.31. The van der Waals surface area contributed by atoms with Crippen LogP contribution >= 0.6 is 27.3 Å². The Bertz CT molecular complexity index is 987. The molecular formula is C18H17BrN2O4S. The van der Waals surface area contributed by atoms with Crippen molar-refractivity contribution in [2.24, 2.45) is 0 Å². The molecule has 0 aliphatic carbocycles. The fourth-order valence-electron chi connectivity index (χ4n) is 2.59. The lowest BCUT2D eigenvalue weighted by atomic mass is 10.1. The lowest BCUT2D eigenvalue weighted by molar-refractivity contribution is 0.102. The SMILES string of the molecule is COc1cc(C(=O)Nc2nc3c(C)cccc3s2)c(Br)c(OC)c1OC. The Morgan fingerprint density at radius 1 is 1.15 bits per heavy atom. The van der Waals surface area contributed by atoms with E-state index in [2.05, 4.69) is 26.2 Å². The van der Waals surface area contributed by atoms with Gasteiger partial charge in [-0.1, -0.05) is 23.5 Å². The van der Waals surface area contributed by atoms with Gasteiger partial charge in [0.15, 0.2) is 16.6 Å². The average molecular weight is 437 g/mol. The van der Waals surface area contributed by atoms with Gasteiger partial charge in [0.05, 0.1) is 41.6 Å². The highest BCUT2D eigenvalue weighted by Crippen LogP contribution is 2.45. The number of thiazole rings is 1. The summed E-state index contributed by atoms with van der Waals surface area (Å²) >= 11 is 4.84. The number of methoxy groups -OCH3 is 3. The highest BCUT2D eigenvalue weighted by atomic mass is 79.9. The first-order valence-corrected chi connectivity index (χ1v) is 9.27. The molecule has 1 amide bonds. The zero-order chi connectivity index (χ0) is 18.8. The Hall–Kier alpha value is -2.32. The second-order valence-electron chi connectivity index (χ2n) is 5.40. The molecule has 0 unspecified atom stereocenters. The smallest absolute Gasteiger partial charge is 0.258 e. The number of aryl methyl sites for hydroxylation is 1. The summed E-state index contributed by atoms with van der Waals surface area (Å²) in [7, 11) is 4.51. The van der Waals surface area contributed by atoms with Crippen LogP contribution in [0.1, 0.15) is 15.9 Å². The molecule has 0 saturated carbocycles. The van der Waals surface area contributed by atoms with Crippen LogP contribution in [0.2, 0.25) is 0 Å².